The Morgan fingerprint density at radius 3 is 2.32 bits per heavy atom. The molecule has 1 heterocycles. The molecule has 1 rings (SSSR count). The van der Waals surface area contributed by atoms with Crippen LogP contribution in [0, 0.1) is 5.92 Å². The summed E-state index contributed by atoms with van der Waals surface area (Å²) in [6, 6.07) is 0. The normalized spacial score (nSPS) is 15.7. The van der Waals surface area contributed by atoms with E-state index in [1.165, 1.54) is 0 Å². The number of aliphatic imine (C=N–C) groups is 1. The Kier molecular flexibility index (Phi) is 8.13. The van der Waals surface area contributed by atoms with Gasteiger partial charge < -0.3 is 10.1 Å². The fourth-order valence-corrected chi connectivity index (χ4v) is 1.28. The zero-order valence-electron chi connectivity index (χ0n) is 11.7. The highest BCUT2D eigenvalue weighted by molar-refractivity contribution is 6.05. The van der Waals surface area contributed by atoms with Crippen LogP contribution in [0.5, 0.6) is 0 Å². The molecule has 4 heteroatoms. The van der Waals surface area contributed by atoms with Crippen LogP contribution < -0.4 is 5.32 Å². The molecule has 0 unspecified atom stereocenters. The molecule has 1 N–H and O–H groups in total. The van der Waals surface area contributed by atoms with Crippen LogP contribution in [-0.2, 0) is 9.53 Å². The standard InChI is InChI=1S/C13H18N2O2.C2H4/c1-5-10(9(2)3)6-12(14-4)15-13(16)11-7-17-8-11;1-2/h5-6,11H,1-2,7-8H2,3-4H3,(H,14,15,16);1-2H2/b10-6-;. The SMILES string of the molecule is C=C.C=C/C(=C/C(=NC)NC(=O)C1COC1)C(=C)C. The van der Waals surface area contributed by atoms with Crippen molar-refractivity contribution in [3.63, 3.8) is 0 Å². The predicted molar refractivity (Wildman–Crippen MR) is 80.2 cm³/mol. The Bertz CT molecular complexity index is 404. The third-order valence-corrected chi connectivity index (χ3v) is 2.51. The van der Waals surface area contributed by atoms with Crippen LogP contribution in [0.3, 0.4) is 0 Å². The molecular weight excluding hydrogens is 240 g/mol. The molecule has 0 aromatic carbocycles. The van der Waals surface area contributed by atoms with Crippen molar-refractivity contribution < 1.29 is 9.53 Å². The quantitative estimate of drug-likeness (QED) is 0.366. The van der Waals surface area contributed by atoms with Gasteiger partial charge in [0.15, 0.2) is 0 Å². The first-order valence-corrected chi connectivity index (χ1v) is 5.94. The summed E-state index contributed by atoms with van der Waals surface area (Å²) in [6.45, 7) is 16.4. The van der Waals surface area contributed by atoms with Gasteiger partial charge in [0, 0.05) is 7.05 Å². The van der Waals surface area contributed by atoms with Crippen LogP contribution in [-0.4, -0.2) is 32.0 Å². The molecule has 0 aromatic heterocycles. The lowest BCUT2D eigenvalue weighted by Crippen LogP contribution is -2.44. The largest absolute Gasteiger partial charge is 0.380 e. The van der Waals surface area contributed by atoms with Gasteiger partial charge in [0.2, 0.25) is 5.91 Å². The number of carbonyl (C=O) groups excluding carboxylic acids is 1. The van der Waals surface area contributed by atoms with Gasteiger partial charge in [-0.3, -0.25) is 9.79 Å². The van der Waals surface area contributed by atoms with Crippen LogP contribution in [0.2, 0.25) is 0 Å². The van der Waals surface area contributed by atoms with Crippen molar-refractivity contribution in [2.45, 2.75) is 6.92 Å². The van der Waals surface area contributed by atoms with Crippen LogP contribution in [0.1, 0.15) is 6.92 Å². The van der Waals surface area contributed by atoms with Crippen molar-refractivity contribution in [3.8, 4) is 0 Å². The van der Waals surface area contributed by atoms with Gasteiger partial charge in [0.25, 0.3) is 0 Å². The molecule has 1 saturated heterocycles. The molecule has 1 aliphatic heterocycles. The first-order valence-electron chi connectivity index (χ1n) is 5.94. The Labute approximate surface area is 115 Å². The number of allylic oxidation sites excluding steroid dienone is 3. The first kappa shape index (κ1) is 17.1. The van der Waals surface area contributed by atoms with E-state index in [9.17, 15) is 4.79 Å². The third-order valence-electron chi connectivity index (χ3n) is 2.51. The van der Waals surface area contributed by atoms with E-state index in [0.29, 0.717) is 19.0 Å². The molecule has 0 aromatic rings. The van der Waals surface area contributed by atoms with Gasteiger partial charge in [0.1, 0.15) is 5.84 Å². The average molecular weight is 262 g/mol. The van der Waals surface area contributed by atoms with Gasteiger partial charge in [-0.05, 0) is 18.6 Å². The second-order valence-electron chi connectivity index (χ2n) is 3.92. The second kappa shape index (κ2) is 9.05. The van der Waals surface area contributed by atoms with E-state index in [1.807, 2.05) is 6.92 Å². The number of amides is 1. The molecule has 0 atom stereocenters. The summed E-state index contributed by atoms with van der Waals surface area (Å²) in [5.41, 5.74) is 1.73. The fraction of sp³-hybridized carbons (Fsp3) is 0.333. The summed E-state index contributed by atoms with van der Waals surface area (Å²) in [5, 5.41) is 2.75. The van der Waals surface area contributed by atoms with Crippen molar-refractivity contribution in [2.24, 2.45) is 10.9 Å². The summed E-state index contributed by atoms with van der Waals surface area (Å²) < 4.78 is 4.97. The lowest BCUT2D eigenvalue weighted by atomic mass is 10.1. The highest BCUT2D eigenvalue weighted by Crippen LogP contribution is 2.10. The number of nitrogens with one attached hydrogen (secondary N) is 1. The van der Waals surface area contributed by atoms with E-state index in [0.717, 1.165) is 11.1 Å². The highest BCUT2D eigenvalue weighted by atomic mass is 16.5. The Hall–Kier alpha value is -1.94. The molecule has 0 bridgehead atoms. The van der Waals surface area contributed by atoms with Crippen molar-refractivity contribution in [3.05, 3.63) is 49.6 Å². The van der Waals surface area contributed by atoms with Crippen LogP contribution in [0.4, 0.5) is 0 Å². The number of rotatable bonds is 4. The lowest BCUT2D eigenvalue weighted by Gasteiger charge is -2.24. The minimum Gasteiger partial charge on any atom is -0.380 e. The molecule has 1 fully saturated rings. The Morgan fingerprint density at radius 2 is 2.00 bits per heavy atom. The van der Waals surface area contributed by atoms with E-state index < -0.39 is 0 Å². The molecule has 0 aliphatic carbocycles. The Morgan fingerprint density at radius 1 is 1.42 bits per heavy atom. The summed E-state index contributed by atoms with van der Waals surface area (Å²) in [7, 11) is 1.63. The van der Waals surface area contributed by atoms with Gasteiger partial charge in [-0.2, -0.15) is 0 Å². The molecule has 19 heavy (non-hydrogen) atoms. The maximum absolute atomic E-state index is 11.7. The molecule has 0 saturated carbocycles. The third kappa shape index (κ3) is 5.48. The molecule has 1 amide bonds. The van der Waals surface area contributed by atoms with Crippen molar-refractivity contribution >= 4 is 11.7 Å². The van der Waals surface area contributed by atoms with Gasteiger partial charge in [-0.25, -0.2) is 0 Å². The lowest BCUT2D eigenvalue weighted by molar-refractivity contribution is -0.137. The summed E-state index contributed by atoms with van der Waals surface area (Å²) in [5.74, 6) is 0.398. The van der Waals surface area contributed by atoms with Crippen LogP contribution in [0.25, 0.3) is 0 Å². The van der Waals surface area contributed by atoms with Gasteiger partial charge >= 0.3 is 0 Å². The number of amidine groups is 1. The van der Waals surface area contributed by atoms with Gasteiger partial charge in [0.05, 0.1) is 19.1 Å². The minimum absolute atomic E-state index is 0.0572. The average Bonchev–Trinajstić information content (AvgIpc) is 2.34. The monoisotopic (exact) mass is 262 g/mol. The van der Waals surface area contributed by atoms with E-state index in [1.54, 1.807) is 19.2 Å². The summed E-state index contributed by atoms with van der Waals surface area (Å²) in [4.78, 5) is 15.7. The maximum atomic E-state index is 11.7. The van der Waals surface area contributed by atoms with E-state index >= 15 is 0 Å². The predicted octanol–water partition coefficient (Wildman–Crippen LogP) is 2.27. The van der Waals surface area contributed by atoms with E-state index in [4.69, 9.17) is 4.74 Å². The van der Waals surface area contributed by atoms with Crippen LogP contribution >= 0.6 is 0 Å². The first-order chi connectivity index (χ1) is 9.08. The maximum Gasteiger partial charge on any atom is 0.233 e. The van der Waals surface area contributed by atoms with E-state index in [2.05, 4.69) is 36.6 Å². The minimum atomic E-state index is -0.0582. The number of carbonyl (C=O) groups is 1. The number of nitrogens with zero attached hydrogens (tertiary/aromatic N) is 1. The summed E-state index contributed by atoms with van der Waals surface area (Å²) in [6.07, 6.45) is 3.44. The van der Waals surface area contributed by atoms with Crippen LogP contribution in [0.15, 0.2) is 54.6 Å². The molecular formula is C15H22N2O2. The Balaban J connectivity index is 0.00000154. The molecule has 104 valence electrons. The zero-order chi connectivity index (χ0) is 14.8. The van der Waals surface area contributed by atoms with Gasteiger partial charge in [-0.1, -0.05) is 24.8 Å². The van der Waals surface area contributed by atoms with Gasteiger partial charge in [-0.15, -0.1) is 13.2 Å². The summed E-state index contributed by atoms with van der Waals surface area (Å²) >= 11 is 0. The molecule has 1 aliphatic rings. The fourth-order valence-electron chi connectivity index (χ4n) is 1.28. The van der Waals surface area contributed by atoms with Crippen molar-refractivity contribution in [1.82, 2.24) is 5.32 Å². The molecule has 0 spiro atoms. The number of hydrogen-bond acceptors (Lipinski definition) is 3. The van der Waals surface area contributed by atoms with Crippen molar-refractivity contribution in [1.29, 1.82) is 0 Å². The topological polar surface area (TPSA) is 50.7 Å². The number of ether oxygens (including phenoxy) is 1. The zero-order valence-corrected chi connectivity index (χ0v) is 11.7. The highest BCUT2D eigenvalue weighted by Gasteiger charge is 2.26. The second-order valence-corrected chi connectivity index (χ2v) is 3.92. The van der Waals surface area contributed by atoms with Crippen molar-refractivity contribution in [2.75, 3.05) is 20.3 Å². The molecule has 4 nitrogen and oxygen atoms in total. The molecule has 0 radical (unpaired) electrons. The van der Waals surface area contributed by atoms with E-state index in [-0.39, 0.29) is 11.8 Å². The number of hydrogen-bond donors (Lipinski definition) is 1. The smallest absolute Gasteiger partial charge is 0.233 e.